The largest absolute Gasteiger partial charge is 0.292 e. The first-order valence-corrected chi connectivity index (χ1v) is 16.4. The number of piperidine rings is 2. The highest BCUT2D eigenvalue weighted by Gasteiger charge is 2.37. The quantitative estimate of drug-likeness (QED) is 0.198. The maximum Gasteiger partial charge on any atom is 0.0357 e. The van der Waals surface area contributed by atoms with Gasteiger partial charge >= 0.3 is 0 Å². The number of rotatable bonds is 6. The molecule has 2 saturated heterocycles. The van der Waals surface area contributed by atoms with E-state index in [1.807, 2.05) is 0 Å². The fourth-order valence-corrected chi connectivity index (χ4v) is 8.14. The first-order valence-electron chi connectivity index (χ1n) is 16.4. The second kappa shape index (κ2) is 12.9. The molecule has 0 aromatic heterocycles. The normalized spacial score (nSPS) is 26.3. The molecule has 0 radical (unpaired) electrons. The zero-order chi connectivity index (χ0) is 29.9. The average molecular weight is 577 g/mol. The van der Waals surface area contributed by atoms with Crippen LogP contribution in [0.1, 0.15) is 95.1 Å². The summed E-state index contributed by atoms with van der Waals surface area (Å²) in [7, 11) is 4.64. The van der Waals surface area contributed by atoms with Crippen LogP contribution in [0.4, 0.5) is 0 Å². The van der Waals surface area contributed by atoms with E-state index in [0.29, 0.717) is 36.0 Å². The molecule has 5 aromatic rings. The number of likely N-dealkylation sites (tertiary alicyclic amines) is 2. The van der Waals surface area contributed by atoms with Crippen LogP contribution in [0.25, 0.3) is 0 Å². The van der Waals surface area contributed by atoms with Crippen molar-refractivity contribution >= 4 is 0 Å². The van der Waals surface area contributed by atoms with Gasteiger partial charge in [-0.15, -0.1) is 0 Å². The zero-order valence-corrected chi connectivity index (χ0v) is 26.0. The molecule has 2 nitrogen and oxygen atoms in total. The van der Waals surface area contributed by atoms with Crippen molar-refractivity contribution in [3.8, 4) is 0 Å². The Balaban J connectivity index is 1.17. The van der Waals surface area contributed by atoms with Crippen LogP contribution < -0.4 is 0 Å². The van der Waals surface area contributed by atoms with Gasteiger partial charge in [0.15, 0.2) is 0 Å². The van der Waals surface area contributed by atoms with E-state index in [9.17, 15) is 0 Å². The van der Waals surface area contributed by atoms with Crippen molar-refractivity contribution in [1.29, 1.82) is 0 Å². The second-order valence-corrected chi connectivity index (χ2v) is 13.0. The highest BCUT2D eigenvalue weighted by atomic mass is 15.2. The van der Waals surface area contributed by atoms with Crippen LogP contribution in [0, 0.1) is 0 Å². The topological polar surface area (TPSA) is 6.48 Å². The van der Waals surface area contributed by atoms with Gasteiger partial charge in [-0.1, -0.05) is 146 Å². The van der Waals surface area contributed by atoms with Gasteiger partial charge in [-0.05, 0) is 85.0 Å². The SMILES string of the molecule is CN1C(c2ccccc2)CC(c2ccc(C3CC(c4ccccc4)N(C)C(c4ccccc4)C3)cc2)CC1c1ccccc1. The lowest BCUT2D eigenvalue weighted by Gasteiger charge is -2.45. The van der Waals surface area contributed by atoms with E-state index in [4.69, 9.17) is 0 Å². The van der Waals surface area contributed by atoms with Crippen LogP contribution in [-0.2, 0) is 0 Å². The Labute approximate surface area is 264 Å². The van der Waals surface area contributed by atoms with Gasteiger partial charge in [0, 0.05) is 24.2 Å². The van der Waals surface area contributed by atoms with Crippen LogP contribution in [0.5, 0.6) is 0 Å². The predicted octanol–water partition coefficient (Wildman–Crippen LogP) is 10.3. The lowest BCUT2D eigenvalue weighted by Crippen LogP contribution is -2.36. The van der Waals surface area contributed by atoms with Gasteiger partial charge in [-0.2, -0.15) is 0 Å². The minimum atomic E-state index is 0.395. The van der Waals surface area contributed by atoms with E-state index in [-0.39, 0.29) is 0 Å². The van der Waals surface area contributed by atoms with Gasteiger partial charge in [-0.25, -0.2) is 0 Å². The zero-order valence-electron chi connectivity index (χ0n) is 26.0. The summed E-state index contributed by atoms with van der Waals surface area (Å²) in [6.45, 7) is 0. The molecule has 0 amide bonds. The summed E-state index contributed by atoms with van der Waals surface area (Å²) >= 11 is 0. The monoisotopic (exact) mass is 576 g/mol. The van der Waals surface area contributed by atoms with Crippen LogP contribution in [0.2, 0.25) is 0 Å². The molecule has 0 saturated carbocycles. The van der Waals surface area contributed by atoms with E-state index in [0.717, 1.165) is 25.7 Å². The Hall–Kier alpha value is -3.98. The molecular weight excluding hydrogens is 532 g/mol. The summed E-state index contributed by atoms with van der Waals surface area (Å²) in [6.07, 6.45) is 4.57. The summed E-state index contributed by atoms with van der Waals surface area (Å²) in [4.78, 5) is 5.23. The average Bonchev–Trinajstić information content (AvgIpc) is 3.10. The Bertz CT molecular complexity index is 1380. The summed E-state index contributed by atoms with van der Waals surface area (Å²) < 4.78 is 0. The summed E-state index contributed by atoms with van der Waals surface area (Å²) in [5.41, 5.74) is 8.64. The van der Waals surface area contributed by atoms with Crippen molar-refractivity contribution in [1.82, 2.24) is 9.80 Å². The molecule has 0 N–H and O–H groups in total. The van der Waals surface area contributed by atoms with E-state index in [1.165, 1.54) is 33.4 Å². The Kier molecular flexibility index (Phi) is 8.46. The first kappa shape index (κ1) is 28.8. The lowest BCUT2D eigenvalue weighted by molar-refractivity contribution is 0.0993. The summed E-state index contributed by atoms with van der Waals surface area (Å²) in [5, 5.41) is 0. The van der Waals surface area contributed by atoms with E-state index in [2.05, 4.69) is 169 Å². The van der Waals surface area contributed by atoms with Gasteiger partial charge in [0.2, 0.25) is 0 Å². The highest BCUT2D eigenvalue weighted by molar-refractivity contribution is 5.34. The molecule has 2 fully saturated rings. The molecule has 5 aromatic carbocycles. The fourth-order valence-electron chi connectivity index (χ4n) is 8.14. The number of hydrogen-bond donors (Lipinski definition) is 0. The molecule has 2 aliphatic heterocycles. The highest BCUT2D eigenvalue weighted by Crippen LogP contribution is 2.49. The molecule has 0 bridgehead atoms. The van der Waals surface area contributed by atoms with Gasteiger partial charge in [0.05, 0.1) is 0 Å². The third kappa shape index (κ3) is 5.89. The third-order valence-corrected chi connectivity index (χ3v) is 10.6. The van der Waals surface area contributed by atoms with Gasteiger partial charge < -0.3 is 0 Å². The molecular formula is C42H44N2. The first-order chi connectivity index (χ1) is 21.7. The molecule has 7 rings (SSSR count). The van der Waals surface area contributed by atoms with Crippen molar-refractivity contribution < 1.29 is 0 Å². The van der Waals surface area contributed by atoms with Gasteiger partial charge in [0.25, 0.3) is 0 Å². The molecule has 2 aliphatic rings. The van der Waals surface area contributed by atoms with Gasteiger partial charge in [0.1, 0.15) is 0 Å². The van der Waals surface area contributed by atoms with Crippen LogP contribution >= 0.6 is 0 Å². The van der Waals surface area contributed by atoms with Crippen LogP contribution in [0.15, 0.2) is 146 Å². The van der Waals surface area contributed by atoms with Crippen molar-refractivity contribution in [3.05, 3.63) is 179 Å². The van der Waals surface area contributed by atoms with Crippen molar-refractivity contribution in [2.45, 2.75) is 61.7 Å². The maximum absolute atomic E-state index is 2.61. The van der Waals surface area contributed by atoms with Gasteiger partial charge in [-0.3, -0.25) is 9.80 Å². The Morgan fingerprint density at radius 3 is 0.773 bits per heavy atom. The summed E-state index contributed by atoms with van der Waals surface area (Å²) in [6, 6.07) is 55.9. The Morgan fingerprint density at radius 1 is 0.318 bits per heavy atom. The molecule has 2 heterocycles. The molecule has 4 unspecified atom stereocenters. The molecule has 222 valence electrons. The fraction of sp³-hybridized carbons (Fsp3) is 0.286. The predicted molar refractivity (Wildman–Crippen MR) is 183 cm³/mol. The van der Waals surface area contributed by atoms with E-state index in [1.54, 1.807) is 0 Å². The van der Waals surface area contributed by atoms with Crippen LogP contribution in [0.3, 0.4) is 0 Å². The lowest BCUT2D eigenvalue weighted by atomic mass is 9.76. The van der Waals surface area contributed by atoms with Crippen LogP contribution in [-0.4, -0.2) is 23.9 Å². The minimum absolute atomic E-state index is 0.395. The van der Waals surface area contributed by atoms with Crippen molar-refractivity contribution in [3.63, 3.8) is 0 Å². The molecule has 44 heavy (non-hydrogen) atoms. The number of nitrogens with zero attached hydrogens (tertiary/aromatic N) is 2. The number of benzene rings is 5. The smallest absolute Gasteiger partial charge is 0.0357 e. The third-order valence-electron chi connectivity index (χ3n) is 10.6. The molecule has 0 aliphatic carbocycles. The standard InChI is InChI=1S/C42H44N2/c1-43-39(33-15-7-3-8-16-33)27-37(28-40(43)34-17-9-4-10-18-34)31-23-25-32(26-24-31)38-29-41(35-19-11-5-12-20-35)44(2)42(30-38)36-21-13-6-14-22-36/h3-26,37-42H,27-30H2,1-2H3. The van der Waals surface area contributed by atoms with Crippen molar-refractivity contribution in [2.24, 2.45) is 0 Å². The molecule has 0 spiro atoms. The Morgan fingerprint density at radius 2 is 0.545 bits per heavy atom. The number of hydrogen-bond acceptors (Lipinski definition) is 2. The second-order valence-electron chi connectivity index (χ2n) is 13.0. The maximum atomic E-state index is 2.61. The summed E-state index contributed by atoms with van der Waals surface area (Å²) in [5.74, 6) is 1.03. The van der Waals surface area contributed by atoms with Crippen molar-refractivity contribution in [2.75, 3.05) is 14.1 Å². The molecule has 4 atom stereocenters. The molecule has 2 heteroatoms. The van der Waals surface area contributed by atoms with E-state index < -0.39 is 0 Å². The van der Waals surface area contributed by atoms with E-state index >= 15 is 0 Å². The minimum Gasteiger partial charge on any atom is -0.292 e.